The van der Waals surface area contributed by atoms with E-state index in [1.807, 2.05) is 22.6 Å². The van der Waals surface area contributed by atoms with E-state index in [0.717, 1.165) is 9.65 Å². The lowest BCUT2D eigenvalue weighted by Crippen LogP contribution is -1.96. The lowest BCUT2D eigenvalue weighted by Gasteiger charge is -2.03. The second-order valence-corrected chi connectivity index (χ2v) is 3.93. The molecular weight excluding hydrogens is 318 g/mol. The number of nitrogens with two attached hydrogens (primary N) is 1. The Bertz CT molecular complexity index is 407. The Balaban J connectivity index is 3.19. The van der Waals surface area contributed by atoms with Gasteiger partial charge in [0.05, 0.1) is 8.59 Å². The molecule has 74 valence electrons. The molecule has 0 spiro atoms. The summed E-state index contributed by atoms with van der Waals surface area (Å²) in [7, 11) is 0. The van der Waals surface area contributed by atoms with Gasteiger partial charge >= 0.3 is 5.97 Å². The van der Waals surface area contributed by atoms with Crippen molar-refractivity contribution >= 4 is 52.1 Å². The number of nitrogens with zero attached hydrogens (tertiary/aromatic N) is 1. The predicted octanol–water partition coefficient (Wildman–Crippen LogP) is 2.02. The van der Waals surface area contributed by atoms with Crippen LogP contribution in [-0.2, 0) is 4.79 Å². The van der Waals surface area contributed by atoms with Crippen LogP contribution in [0.1, 0.15) is 5.56 Å². The fourth-order valence-electron chi connectivity index (χ4n) is 0.807. The zero-order chi connectivity index (χ0) is 10.7. The molecule has 3 N–H and O–H groups in total. The first-order chi connectivity index (χ1) is 6.52. The van der Waals surface area contributed by atoms with Gasteiger partial charge in [0, 0.05) is 17.8 Å². The van der Waals surface area contributed by atoms with Crippen LogP contribution in [0.15, 0.2) is 12.3 Å². The standard InChI is InChI=1S/C8H6ClIN2O2/c9-7-4(1-2-6(13)14)8(11)12-3-5(7)10/h1-3H,(H2,11,12)(H,13,14)/b2-1+. The van der Waals surface area contributed by atoms with Crippen LogP contribution in [0.3, 0.4) is 0 Å². The molecule has 0 fully saturated rings. The quantitative estimate of drug-likeness (QED) is 0.644. The van der Waals surface area contributed by atoms with Gasteiger partial charge in [-0.3, -0.25) is 0 Å². The molecule has 0 aliphatic carbocycles. The topological polar surface area (TPSA) is 76.2 Å². The molecule has 4 nitrogen and oxygen atoms in total. The zero-order valence-corrected chi connectivity index (χ0v) is 9.78. The molecule has 1 aromatic rings. The highest BCUT2D eigenvalue weighted by Crippen LogP contribution is 2.26. The van der Waals surface area contributed by atoms with E-state index in [9.17, 15) is 4.79 Å². The number of aromatic nitrogens is 1. The molecule has 1 aromatic heterocycles. The van der Waals surface area contributed by atoms with Crippen LogP contribution in [0.2, 0.25) is 5.02 Å². The molecule has 1 rings (SSSR count). The van der Waals surface area contributed by atoms with Gasteiger partial charge in [-0.05, 0) is 28.7 Å². The number of rotatable bonds is 2. The second-order valence-electron chi connectivity index (χ2n) is 2.39. The van der Waals surface area contributed by atoms with Gasteiger partial charge < -0.3 is 10.8 Å². The third kappa shape index (κ3) is 2.58. The molecule has 0 unspecified atom stereocenters. The molecular formula is C8H6ClIN2O2. The minimum Gasteiger partial charge on any atom is -0.478 e. The van der Waals surface area contributed by atoms with Crippen LogP contribution in [0.25, 0.3) is 6.08 Å². The van der Waals surface area contributed by atoms with E-state index in [0.29, 0.717) is 10.6 Å². The van der Waals surface area contributed by atoms with E-state index in [1.54, 1.807) is 0 Å². The van der Waals surface area contributed by atoms with Crippen molar-refractivity contribution in [2.24, 2.45) is 0 Å². The van der Waals surface area contributed by atoms with E-state index in [2.05, 4.69) is 4.98 Å². The van der Waals surface area contributed by atoms with Gasteiger partial charge in [-0.25, -0.2) is 9.78 Å². The lowest BCUT2D eigenvalue weighted by atomic mass is 10.2. The average Bonchev–Trinajstić information content (AvgIpc) is 2.11. The van der Waals surface area contributed by atoms with Crippen molar-refractivity contribution in [2.75, 3.05) is 5.73 Å². The van der Waals surface area contributed by atoms with Crippen LogP contribution in [0.4, 0.5) is 5.82 Å². The van der Waals surface area contributed by atoms with Crippen molar-refractivity contribution in [1.29, 1.82) is 0 Å². The third-order valence-electron chi connectivity index (χ3n) is 1.43. The van der Waals surface area contributed by atoms with Gasteiger partial charge in [-0.2, -0.15) is 0 Å². The summed E-state index contributed by atoms with van der Waals surface area (Å²) in [6.07, 6.45) is 3.82. The molecule has 0 amide bonds. The molecule has 0 aliphatic heterocycles. The molecule has 0 bridgehead atoms. The molecule has 0 aromatic carbocycles. The fourth-order valence-corrected chi connectivity index (χ4v) is 1.45. The number of aliphatic carboxylic acids is 1. The molecule has 14 heavy (non-hydrogen) atoms. The highest BCUT2D eigenvalue weighted by molar-refractivity contribution is 14.1. The highest BCUT2D eigenvalue weighted by Gasteiger charge is 2.06. The van der Waals surface area contributed by atoms with Gasteiger partial charge in [0.15, 0.2) is 0 Å². The van der Waals surface area contributed by atoms with Crippen LogP contribution in [-0.4, -0.2) is 16.1 Å². The second kappa shape index (κ2) is 4.61. The number of pyridine rings is 1. The number of carboxylic acid groups (broad SMARTS) is 1. The minimum absolute atomic E-state index is 0.216. The Morgan fingerprint density at radius 3 is 2.93 bits per heavy atom. The van der Waals surface area contributed by atoms with Gasteiger partial charge in [0.1, 0.15) is 5.82 Å². The SMILES string of the molecule is Nc1ncc(I)c(Cl)c1/C=C/C(=O)O. The minimum atomic E-state index is -1.06. The summed E-state index contributed by atoms with van der Waals surface area (Å²) in [6.45, 7) is 0. The first-order valence-corrected chi connectivity index (χ1v) is 4.98. The summed E-state index contributed by atoms with van der Waals surface area (Å²) < 4.78 is 0.725. The summed E-state index contributed by atoms with van der Waals surface area (Å²) in [5.74, 6) is -0.841. The summed E-state index contributed by atoms with van der Waals surface area (Å²) in [4.78, 5) is 14.1. The summed E-state index contributed by atoms with van der Waals surface area (Å²) in [6, 6.07) is 0. The molecule has 1 heterocycles. The summed E-state index contributed by atoms with van der Waals surface area (Å²) in [5.41, 5.74) is 5.96. The largest absolute Gasteiger partial charge is 0.478 e. The van der Waals surface area contributed by atoms with Crippen LogP contribution < -0.4 is 5.73 Å². The smallest absolute Gasteiger partial charge is 0.328 e. The van der Waals surface area contributed by atoms with Crippen LogP contribution in [0, 0.1) is 3.57 Å². The Hall–Kier alpha value is -0.820. The Morgan fingerprint density at radius 1 is 1.71 bits per heavy atom. The molecule has 6 heteroatoms. The fraction of sp³-hybridized carbons (Fsp3) is 0. The van der Waals surface area contributed by atoms with Crippen molar-refractivity contribution in [3.8, 4) is 0 Å². The van der Waals surface area contributed by atoms with Crippen LogP contribution in [0.5, 0.6) is 0 Å². The van der Waals surface area contributed by atoms with E-state index in [4.69, 9.17) is 22.4 Å². The van der Waals surface area contributed by atoms with Crippen molar-refractivity contribution < 1.29 is 9.90 Å². The maximum atomic E-state index is 10.3. The number of hydrogen-bond acceptors (Lipinski definition) is 3. The average molecular weight is 325 g/mol. The highest BCUT2D eigenvalue weighted by atomic mass is 127. The van der Waals surface area contributed by atoms with E-state index in [-0.39, 0.29) is 5.82 Å². The van der Waals surface area contributed by atoms with Crippen molar-refractivity contribution in [2.45, 2.75) is 0 Å². The van der Waals surface area contributed by atoms with Gasteiger partial charge in [-0.15, -0.1) is 0 Å². The maximum absolute atomic E-state index is 10.3. The van der Waals surface area contributed by atoms with Crippen molar-refractivity contribution in [1.82, 2.24) is 4.98 Å². The first-order valence-electron chi connectivity index (χ1n) is 3.53. The van der Waals surface area contributed by atoms with E-state index >= 15 is 0 Å². The number of nitrogen functional groups attached to an aromatic ring is 1. The van der Waals surface area contributed by atoms with Crippen molar-refractivity contribution in [3.05, 3.63) is 26.4 Å². The maximum Gasteiger partial charge on any atom is 0.328 e. The molecule has 0 aliphatic rings. The number of anilines is 1. The van der Waals surface area contributed by atoms with Crippen molar-refractivity contribution in [3.63, 3.8) is 0 Å². The number of halogens is 2. The Labute approximate surface area is 98.9 Å². The van der Waals surface area contributed by atoms with Gasteiger partial charge in [0.25, 0.3) is 0 Å². The molecule has 0 saturated carbocycles. The monoisotopic (exact) mass is 324 g/mol. The Kier molecular flexibility index (Phi) is 3.70. The predicted molar refractivity (Wildman–Crippen MR) is 63.0 cm³/mol. The van der Waals surface area contributed by atoms with E-state index in [1.165, 1.54) is 12.3 Å². The van der Waals surface area contributed by atoms with Crippen LogP contribution >= 0.6 is 34.2 Å². The van der Waals surface area contributed by atoms with E-state index < -0.39 is 5.97 Å². The first kappa shape index (κ1) is 11.3. The molecule has 0 atom stereocenters. The third-order valence-corrected chi connectivity index (χ3v) is 2.98. The summed E-state index contributed by atoms with van der Waals surface area (Å²) in [5, 5.41) is 8.85. The van der Waals surface area contributed by atoms with Gasteiger partial charge in [0.2, 0.25) is 0 Å². The summed E-state index contributed by atoms with van der Waals surface area (Å²) >= 11 is 7.90. The lowest BCUT2D eigenvalue weighted by molar-refractivity contribution is -0.131. The number of carboxylic acids is 1. The number of hydrogen-bond donors (Lipinski definition) is 2. The molecule has 0 radical (unpaired) electrons. The number of carbonyl (C=O) groups is 1. The molecule has 0 saturated heterocycles. The Morgan fingerprint density at radius 2 is 2.36 bits per heavy atom. The van der Waals surface area contributed by atoms with Gasteiger partial charge in [-0.1, -0.05) is 11.6 Å². The normalized spacial score (nSPS) is 10.7. The zero-order valence-electron chi connectivity index (χ0n) is 6.87.